The van der Waals surface area contributed by atoms with Crippen molar-refractivity contribution in [2.24, 2.45) is 0 Å². The van der Waals surface area contributed by atoms with E-state index in [4.69, 9.17) is 4.74 Å². The van der Waals surface area contributed by atoms with Crippen LogP contribution in [-0.4, -0.2) is 6.10 Å². The van der Waals surface area contributed by atoms with Crippen molar-refractivity contribution in [3.8, 4) is 5.75 Å². The van der Waals surface area contributed by atoms with Gasteiger partial charge in [-0.05, 0) is 24.6 Å². The molecule has 0 aliphatic heterocycles. The Morgan fingerprint density at radius 2 is 1.29 bits per heavy atom. The molecule has 0 aliphatic rings. The fraction of sp³-hybridized carbons (Fsp3) is 0.250. The summed E-state index contributed by atoms with van der Waals surface area (Å²) in [6.07, 6.45) is 0.166. The first-order valence-electron chi connectivity index (χ1n) is 6.04. The van der Waals surface area contributed by atoms with E-state index in [-0.39, 0.29) is 6.10 Å². The van der Waals surface area contributed by atoms with Crippen molar-refractivity contribution >= 4 is 0 Å². The summed E-state index contributed by atoms with van der Waals surface area (Å²) in [6.45, 7) is 4.31. The van der Waals surface area contributed by atoms with Gasteiger partial charge in [0.25, 0.3) is 0 Å². The molecule has 0 saturated heterocycles. The van der Waals surface area contributed by atoms with Gasteiger partial charge in [-0.15, -0.1) is 0 Å². The van der Waals surface area contributed by atoms with Crippen LogP contribution < -0.4 is 4.74 Å². The molecule has 0 aromatic heterocycles. The van der Waals surface area contributed by atoms with Crippen LogP contribution in [0.15, 0.2) is 60.7 Å². The Hall–Kier alpha value is -1.76. The molecule has 2 atom stereocenters. The lowest BCUT2D eigenvalue weighted by molar-refractivity contribution is 0.195. The number of benzene rings is 2. The minimum atomic E-state index is 0.166. The van der Waals surface area contributed by atoms with Gasteiger partial charge in [0.15, 0.2) is 0 Å². The Morgan fingerprint density at radius 3 is 1.88 bits per heavy atom. The van der Waals surface area contributed by atoms with Crippen LogP contribution in [0.4, 0.5) is 0 Å². The van der Waals surface area contributed by atoms with Crippen LogP contribution in [0.25, 0.3) is 0 Å². The normalized spacial score (nSPS) is 14.0. The zero-order valence-corrected chi connectivity index (χ0v) is 10.3. The third-order valence-corrected chi connectivity index (χ3v) is 3.09. The van der Waals surface area contributed by atoms with Gasteiger partial charge in [0.1, 0.15) is 11.9 Å². The lowest BCUT2D eigenvalue weighted by Crippen LogP contribution is -2.19. The third-order valence-electron chi connectivity index (χ3n) is 3.09. The second-order valence-electron chi connectivity index (χ2n) is 4.34. The van der Waals surface area contributed by atoms with Gasteiger partial charge >= 0.3 is 0 Å². The second kappa shape index (κ2) is 5.53. The van der Waals surface area contributed by atoms with E-state index in [2.05, 4.69) is 38.1 Å². The quantitative estimate of drug-likeness (QED) is 0.757. The molecule has 2 aromatic rings. The topological polar surface area (TPSA) is 9.23 Å². The van der Waals surface area contributed by atoms with Crippen molar-refractivity contribution in [1.29, 1.82) is 0 Å². The number of para-hydroxylation sites is 1. The van der Waals surface area contributed by atoms with Crippen molar-refractivity contribution in [2.75, 3.05) is 0 Å². The summed E-state index contributed by atoms with van der Waals surface area (Å²) in [6, 6.07) is 20.5. The van der Waals surface area contributed by atoms with Crippen LogP contribution in [-0.2, 0) is 0 Å². The summed E-state index contributed by atoms with van der Waals surface area (Å²) in [5.41, 5.74) is 1.32. The molecule has 0 N–H and O–H groups in total. The van der Waals surface area contributed by atoms with Gasteiger partial charge in [-0.2, -0.15) is 0 Å². The summed E-state index contributed by atoms with van der Waals surface area (Å²) in [5.74, 6) is 1.32. The average Bonchev–Trinajstić information content (AvgIpc) is 2.40. The zero-order valence-electron chi connectivity index (χ0n) is 10.3. The molecule has 0 aliphatic carbocycles. The van der Waals surface area contributed by atoms with E-state index < -0.39 is 0 Å². The summed E-state index contributed by atoms with van der Waals surface area (Å²) in [4.78, 5) is 0. The summed E-state index contributed by atoms with van der Waals surface area (Å²) in [5, 5.41) is 0. The molecule has 0 amide bonds. The standard InChI is InChI=1S/C16H18O/c1-13(15-9-5-3-6-10-15)14(2)17-16-11-7-4-8-12-16/h3-14H,1-2H3. The first-order valence-corrected chi connectivity index (χ1v) is 6.04. The maximum atomic E-state index is 5.93. The van der Waals surface area contributed by atoms with E-state index in [1.165, 1.54) is 5.56 Å². The molecule has 2 rings (SSSR count). The smallest absolute Gasteiger partial charge is 0.119 e. The predicted molar refractivity (Wildman–Crippen MR) is 71.4 cm³/mol. The minimum absolute atomic E-state index is 0.166. The highest BCUT2D eigenvalue weighted by atomic mass is 16.5. The fourth-order valence-corrected chi connectivity index (χ4v) is 1.84. The third kappa shape index (κ3) is 3.10. The average molecular weight is 226 g/mol. The Kier molecular flexibility index (Phi) is 3.81. The van der Waals surface area contributed by atoms with Gasteiger partial charge in [0.2, 0.25) is 0 Å². The number of ether oxygens (including phenoxy) is 1. The number of rotatable bonds is 4. The lowest BCUT2D eigenvalue weighted by Gasteiger charge is -2.21. The first-order chi connectivity index (χ1) is 8.27. The molecule has 0 saturated carbocycles. The van der Waals surface area contributed by atoms with E-state index in [0.29, 0.717) is 5.92 Å². The van der Waals surface area contributed by atoms with Gasteiger partial charge in [-0.3, -0.25) is 0 Å². The first kappa shape index (κ1) is 11.7. The van der Waals surface area contributed by atoms with Crippen LogP contribution in [0.2, 0.25) is 0 Å². The molecule has 1 nitrogen and oxygen atoms in total. The molecule has 0 bridgehead atoms. The van der Waals surface area contributed by atoms with Gasteiger partial charge in [-0.25, -0.2) is 0 Å². The molecule has 2 unspecified atom stereocenters. The van der Waals surface area contributed by atoms with Crippen molar-refractivity contribution in [3.63, 3.8) is 0 Å². The predicted octanol–water partition coefficient (Wildman–Crippen LogP) is 4.26. The molecule has 0 heterocycles. The SMILES string of the molecule is CC(Oc1ccccc1)C(C)c1ccccc1. The number of hydrogen-bond acceptors (Lipinski definition) is 1. The molecule has 0 fully saturated rings. The van der Waals surface area contributed by atoms with Gasteiger partial charge in [-0.1, -0.05) is 55.5 Å². The minimum Gasteiger partial charge on any atom is -0.490 e. The maximum Gasteiger partial charge on any atom is 0.119 e. The molecule has 1 heteroatoms. The van der Waals surface area contributed by atoms with Crippen molar-refractivity contribution in [3.05, 3.63) is 66.2 Å². The summed E-state index contributed by atoms with van der Waals surface area (Å²) >= 11 is 0. The van der Waals surface area contributed by atoms with E-state index in [9.17, 15) is 0 Å². The lowest BCUT2D eigenvalue weighted by atomic mass is 9.96. The van der Waals surface area contributed by atoms with E-state index in [1.807, 2.05) is 36.4 Å². The van der Waals surface area contributed by atoms with Crippen LogP contribution in [0, 0.1) is 0 Å². The Morgan fingerprint density at radius 1 is 0.765 bits per heavy atom. The van der Waals surface area contributed by atoms with Crippen molar-refractivity contribution < 1.29 is 4.74 Å². The fourth-order valence-electron chi connectivity index (χ4n) is 1.84. The highest BCUT2D eigenvalue weighted by Gasteiger charge is 2.15. The molecular formula is C16H18O. The van der Waals surface area contributed by atoms with Crippen molar-refractivity contribution in [2.45, 2.75) is 25.9 Å². The summed E-state index contributed by atoms with van der Waals surface area (Å²) < 4.78 is 5.93. The van der Waals surface area contributed by atoms with E-state index in [0.717, 1.165) is 5.75 Å². The van der Waals surface area contributed by atoms with E-state index >= 15 is 0 Å². The molecule has 2 aromatic carbocycles. The largest absolute Gasteiger partial charge is 0.490 e. The molecule has 17 heavy (non-hydrogen) atoms. The van der Waals surface area contributed by atoms with Crippen LogP contribution >= 0.6 is 0 Å². The monoisotopic (exact) mass is 226 g/mol. The highest BCUT2D eigenvalue weighted by Crippen LogP contribution is 2.23. The molecule has 0 radical (unpaired) electrons. The Bertz CT molecular complexity index is 436. The molecule has 0 spiro atoms. The van der Waals surface area contributed by atoms with E-state index in [1.54, 1.807) is 0 Å². The van der Waals surface area contributed by atoms with Gasteiger partial charge in [0, 0.05) is 5.92 Å². The van der Waals surface area contributed by atoms with Crippen molar-refractivity contribution in [1.82, 2.24) is 0 Å². The zero-order chi connectivity index (χ0) is 12.1. The Labute approximate surface area is 103 Å². The molecular weight excluding hydrogens is 208 g/mol. The summed E-state index contributed by atoms with van der Waals surface area (Å²) in [7, 11) is 0. The molecule has 88 valence electrons. The van der Waals surface area contributed by atoms with Crippen LogP contribution in [0.1, 0.15) is 25.3 Å². The Balaban J connectivity index is 2.03. The van der Waals surface area contributed by atoms with Gasteiger partial charge < -0.3 is 4.74 Å². The van der Waals surface area contributed by atoms with Crippen LogP contribution in [0.5, 0.6) is 5.75 Å². The second-order valence-corrected chi connectivity index (χ2v) is 4.34. The number of hydrogen-bond donors (Lipinski definition) is 0. The van der Waals surface area contributed by atoms with Gasteiger partial charge in [0.05, 0.1) is 0 Å². The maximum absolute atomic E-state index is 5.93. The highest BCUT2D eigenvalue weighted by molar-refractivity contribution is 5.23. The van der Waals surface area contributed by atoms with Crippen LogP contribution in [0.3, 0.4) is 0 Å².